The Kier molecular flexibility index (Phi) is 2.86. The lowest BCUT2D eigenvalue weighted by Crippen LogP contribution is -2.80. The molecule has 7 heteroatoms. The fourth-order valence-electron chi connectivity index (χ4n) is 7.39. The maximum atomic E-state index is 13.6. The van der Waals surface area contributed by atoms with E-state index in [1.807, 2.05) is 43.0 Å². The third kappa shape index (κ3) is 1.82. The van der Waals surface area contributed by atoms with Gasteiger partial charge in [-0.15, -0.1) is 0 Å². The first-order valence-corrected chi connectivity index (χ1v) is 11.2. The van der Waals surface area contributed by atoms with Crippen LogP contribution >= 0.6 is 0 Å². The van der Waals surface area contributed by atoms with Crippen LogP contribution in [0, 0.1) is 5.92 Å². The lowest BCUT2D eigenvalue weighted by Gasteiger charge is -2.57. The van der Waals surface area contributed by atoms with Gasteiger partial charge in [0.25, 0.3) is 0 Å². The summed E-state index contributed by atoms with van der Waals surface area (Å²) >= 11 is 0. The first-order valence-electron chi connectivity index (χ1n) is 11.2. The number of piperazine rings is 1. The number of nitrogens with one attached hydrogen (secondary N) is 2. The van der Waals surface area contributed by atoms with Gasteiger partial charge >= 0.3 is 0 Å². The van der Waals surface area contributed by atoms with Crippen LogP contribution in [0.25, 0.3) is 6.08 Å². The van der Waals surface area contributed by atoms with Crippen LogP contribution in [0.1, 0.15) is 57.1 Å². The number of fused-ring (bicyclic) bond motifs is 5. The molecule has 1 aromatic rings. The van der Waals surface area contributed by atoms with Crippen molar-refractivity contribution < 1.29 is 19.1 Å². The zero-order chi connectivity index (χ0) is 21.4. The van der Waals surface area contributed by atoms with Crippen molar-refractivity contribution in [1.82, 2.24) is 10.2 Å². The van der Waals surface area contributed by atoms with Crippen LogP contribution in [-0.2, 0) is 19.8 Å². The molecule has 6 aliphatic heterocycles. The van der Waals surface area contributed by atoms with E-state index in [4.69, 9.17) is 4.74 Å². The molecule has 6 heterocycles. The zero-order valence-electron chi connectivity index (χ0n) is 17.7. The molecule has 1 aromatic carbocycles. The summed E-state index contributed by atoms with van der Waals surface area (Å²) in [6.45, 7) is 4.63. The van der Waals surface area contributed by atoms with Gasteiger partial charge in [-0.1, -0.05) is 6.07 Å². The second-order valence-electron chi connectivity index (χ2n) is 10.8. The summed E-state index contributed by atoms with van der Waals surface area (Å²) in [7, 11) is 0. The lowest BCUT2D eigenvalue weighted by molar-refractivity contribution is -0.172. The summed E-state index contributed by atoms with van der Waals surface area (Å²) in [4.78, 5) is 42.0. The topological polar surface area (TPSA) is 87.7 Å². The Morgan fingerprint density at radius 3 is 2.81 bits per heavy atom. The molecule has 0 aromatic heterocycles. The Hall–Kier alpha value is -2.83. The molecular weight excluding hydrogens is 394 g/mol. The number of piperidine rings is 2. The van der Waals surface area contributed by atoms with E-state index in [2.05, 4.69) is 10.6 Å². The molecule has 1 saturated carbocycles. The van der Waals surface area contributed by atoms with Gasteiger partial charge in [0, 0.05) is 12.1 Å². The number of rotatable bonds is 0. The maximum Gasteiger partial charge on any atom is 0.249 e. The van der Waals surface area contributed by atoms with Gasteiger partial charge < -0.3 is 20.3 Å². The molecule has 160 valence electrons. The van der Waals surface area contributed by atoms with Gasteiger partial charge in [0.15, 0.2) is 0 Å². The Morgan fingerprint density at radius 1 is 1.13 bits per heavy atom. The smallest absolute Gasteiger partial charge is 0.249 e. The molecule has 7 aliphatic rings. The molecule has 2 bridgehead atoms. The van der Waals surface area contributed by atoms with Crippen LogP contribution in [0.15, 0.2) is 18.2 Å². The first kappa shape index (κ1) is 17.8. The van der Waals surface area contributed by atoms with Gasteiger partial charge in [-0.05, 0) is 75.7 Å². The molecule has 4 saturated heterocycles. The maximum absolute atomic E-state index is 13.6. The normalized spacial score (nSPS) is 40.3. The Morgan fingerprint density at radius 2 is 1.97 bits per heavy atom. The summed E-state index contributed by atoms with van der Waals surface area (Å²) in [6.07, 6.45) is 7.18. The van der Waals surface area contributed by atoms with Crippen molar-refractivity contribution >= 4 is 29.5 Å². The monoisotopic (exact) mass is 419 g/mol. The van der Waals surface area contributed by atoms with E-state index in [1.165, 1.54) is 0 Å². The molecule has 31 heavy (non-hydrogen) atoms. The molecule has 8 rings (SSSR count). The van der Waals surface area contributed by atoms with Gasteiger partial charge in [-0.2, -0.15) is 0 Å². The van der Waals surface area contributed by atoms with Crippen LogP contribution in [0.4, 0.5) is 5.69 Å². The van der Waals surface area contributed by atoms with Crippen LogP contribution in [0.3, 0.4) is 0 Å². The summed E-state index contributed by atoms with van der Waals surface area (Å²) < 4.78 is 6.10. The largest absolute Gasteiger partial charge is 0.483 e. The fourth-order valence-corrected chi connectivity index (χ4v) is 7.39. The van der Waals surface area contributed by atoms with E-state index in [0.29, 0.717) is 25.8 Å². The van der Waals surface area contributed by atoms with Crippen LogP contribution < -0.4 is 15.4 Å². The van der Waals surface area contributed by atoms with E-state index < -0.39 is 22.1 Å². The number of carbonyl (C=O) groups is 3. The van der Waals surface area contributed by atoms with Gasteiger partial charge in [0.1, 0.15) is 22.4 Å². The summed E-state index contributed by atoms with van der Waals surface area (Å²) in [5.41, 5.74) is -0.272. The predicted octanol–water partition coefficient (Wildman–Crippen LogP) is 2.10. The SMILES string of the molecule is CC1(C)C=Cc2c(ccc3c2NC(=O)[C@]32C[C@@H]3C[C@]45CCCN4C(=O)C3(C2)NC5=O)O1. The average Bonchev–Trinajstić information content (AvgIpc) is 3.36. The lowest BCUT2D eigenvalue weighted by atomic mass is 9.67. The number of hydrogen-bond acceptors (Lipinski definition) is 4. The molecule has 0 radical (unpaired) electrons. The highest BCUT2D eigenvalue weighted by atomic mass is 16.5. The van der Waals surface area contributed by atoms with Crippen molar-refractivity contribution in [3.63, 3.8) is 0 Å². The highest BCUT2D eigenvalue weighted by molar-refractivity contribution is 6.12. The molecular formula is C24H25N3O4. The van der Waals surface area contributed by atoms with E-state index >= 15 is 0 Å². The Bertz CT molecular complexity index is 1160. The number of amides is 3. The third-order valence-corrected chi connectivity index (χ3v) is 8.75. The zero-order valence-corrected chi connectivity index (χ0v) is 17.7. The minimum atomic E-state index is -0.966. The number of nitrogens with zero attached hydrogens (tertiary/aromatic N) is 1. The van der Waals surface area contributed by atoms with Crippen molar-refractivity contribution in [2.45, 2.75) is 68.0 Å². The molecule has 2 N–H and O–H groups in total. The summed E-state index contributed by atoms with van der Waals surface area (Å²) in [5.74, 6) is 0.649. The summed E-state index contributed by atoms with van der Waals surface area (Å²) in [6, 6.07) is 3.92. The quantitative estimate of drug-likeness (QED) is 0.674. The van der Waals surface area contributed by atoms with Crippen molar-refractivity contribution in [2.24, 2.45) is 5.92 Å². The molecule has 3 amide bonds. The first-order chi connectivity index (χ1) is 14.7. The Labute approximate surface area is 180 Å². The number of carbonyl (C=O) groups excluding carboxylic acids is 3. The van der Waals surface area contributed by atoms with Crippen LogP contribution in [0.2, 0.25) is 0 Å². The molecule has 7 nitrogen and oxygen atoms in total. The van der Waals surface area contributed by atoms with Crippen molar-refractivity contribution in [3.05, 3.63) is 29.3 Å². The van der Waals surface area contributed by atoms with Crippen LogP contribution in [-0.4, -0.2) is 45.8 Å². The fraction of sp³-hybridized carbons (Fsp3) is 0.542. The Balaban J connectivity index is 1.36. The van der Waals surface area contributed by atoms with Crippen LogP contribution in [0.5, 0.6) is 5.75 Å². The van der Waals surface area contributed by atoms with Crippen molar-refractivity contribution in [2.75, 3.05) is 11.9 Å². The number of ether oxygens (including phenoxy) is 1. The molecule has 4 atom stereocenters. The minimum absolute atomic E-state index is 0.0157. The molecule has 5 fully saturated rings. The number of anilines is 1. The number of benzene rings is 1. The van der Waals surface area contributed by atoms with E-state index in [-0.39, 0.29) is 23.6 Å². The van der Waals surface area contributed by atoms with E-state index in [9.17, 15) is 14.4 Å². The highest BCUT2D eigenvalue weighted by Crippen LogP contribution is 2.63. The second-order valence-corrected chi connectivity index (χ2v) is 10.8. The third-order valence-electron chi connectivity index (χ3n) is 8.75. The summed E-state index contributed by atoms with van der Waals surface area (Å²) in [5, 5.41) is 6.25. The highest BCUT2D eigenvalue weighted by Gasteiger charge is 2.75. The predicted molar refractivity (Wildman–Crippen MR) is 112 cm³/mol. The standard InChI is InChI=1S/C24H25N3O4/c1-21(2)8-6-14-16(31-21)5-4-15-17(14)25-18(28)22(15)10-13-11-23-7-3-9-27(23)20(30)24(13,12-22)26-19(23)29/h4-6,8,13H,3,7,9-12H2,1-2H3,(H,25,28)(H,26,29)/t13-,22+,23+,24?/m1/s1. The minimum Gasteiger partial charge on any atom is -0.483 e. The van der Waals surface area contributed by atoms with E-state index in [1.54, 1.807) is 0 Å². The number of hydrogen-bond donors (Lipinski definition) is 2. The van der Waals surface area contributed by atoms with Gasteiger partial charge in [0.2, 0.25) is 17.7 Å². The van der Waals surface area contributed by atoms with Gasteiger partial charge in [0.05, 0.1) is 11.1 Å². The van der Waals surface area contributed by atoms with Gasteiger partial charge in [-0.3, -0.25) is 14.4 Å². The van der Waals surface area contributed by atoms with Gasteiger partial charge in [-0.25, -0.2) is 0 Å². The molecule has 1 aliphatic carbocycles. The van der Waals surface area contributed by atoms with E-state index in [0.717, 1.165) is 35.4 Å². The van der Waals surface area contributed by atoms with Crippen molar-refractivity contribution in [3.8, 4) is 5.75 Å². The second kappa shape index (κ2) is 4.97. The molecule has 3 spiro atoms. The average molecular weight is 419 g/mol. The molecule has 1 unspecified atom stereocenters. The van der Waals surface area contributed by atoms with Crippen molar-refractivity contribution in [1.29, 1.82) is 0 Å².